The van der Waals surface area contributed by atoms with Crippen LogP contribution in [0.5, 0.6) is 0 Å². The molecule has 1 rings (SSSR count). The van der Waals surface area contributed by atoms with Crippen molar-refractivity contribution in [1.29, 1.82) is 0 Å². The maximum atomic E-state index is 11.4. The van der Waals surface area contributed by atoms with Crippen molar-refractivity contribution < 1.29 is 19.4 Å². The summed E-state index contributed by atoms with van der Waals surface area (Å²) >= 11 is 0. The number of benzene rings is 1. The first-order valence-electron chi connectivity index (χ1n) is 5.77. The third-order valence-electron chi connectivity index (χ3n) is 2.38. The number of hydrogen-bond donors (Lipinski definition) is 2. The minimum Gasteiger partial charge on any atom is -0.480 e. The molecule has 0 saturated carbocycles. The van der Waals surface area contributed by atoms with Crippen molar-refractivity contribution >= 4 is 12.1 Å². The monoisotopic (exact) mass is 261 g/mol. The SMILES string of the molecule is C#CCC[C@H](NC(=O)OCc1ccccc1)C(=O)O. The van der Waals surface area contributed by atoms with Crippen LogP contribution in [0, 0.1) is 12.3 Å². The third-order valence-corrected chi connectivity index (χ3v) is 2.38. The summed E-state index contributed by atoms with van der Waals surface area (Å²) in [5, 5.41) is 11.2. The number of nitrogens with one attached hydrogen (secondary N) is 1. The Hall–Kier alpha value is -2.48. The zero-order valence-electron chi connectivity index (χ0n) is 10.3. The molecule has 19 heavy (non-hydrogen) atoms. The Labute approximate surface area is 111 Å². The van der Waals surface area contributed by atoms with Crippen molar-refractivity contribution in [3.63, 3.8) is 0 Å². The molecule has 1 aromatic rings. The first-order valence-corrected chi connectivity index (χ1v) is 5.77. The molecular weight excluding hydrogens is 246 g/mol. The standard InChI is InChI=1S/C14H15NO4/c1-2-3-9-12(13(16)17)15-14(18)19-10-11-7-5-4-6-8-11/h1,4-8,12H,3,9-10H2,(H,15,18)(H,16,17)/t12-/m0/s1. The second kappa shape index (κ2) is 7.77. The molecule has 1 atom stereocenters. The van der Waals surface area contributed by atoms with Gasteiger partial charge in [-0.3, -0.25) is 0 Å². The van der Waals surface area contributed by atoms with E-state index in [-0.39, 0.29) is 19.4 Å². The van der Waals surface area contributed by atoms with Gasteiger partial charge in [-0.05, 0) is 12.0 Å². The fraction of sp³-hybridized carbons (Fsp3) is 0.286. The van der Waals surface area contributed by atoms with Gasteiger partial charge < -0.3 is 15.2 Å². The van der Waals surface area contributed by atoms with Crippen molar-refractivity contribution in [2.45, 2.75) is 25.5 Å². The normalized spacial score (nSPS) is 11.1. The number of terminal acetylenes is 1. The number of carboxylic acid groups (broad SMARTS) is 1. The van der Waals surface area contributed by atoms with Gasteiger partial charge in [0.2, 0.25) is 0 Å². The zero-order chi connectivity index (χ0) is 14.1. The average Bonchev–Trinajstić information content (AvgIpc) is 2.42. The van der Waals surface area contributed by atoms with E-state index in [1.807, 2.05) is 18.2 Å². The largest absolute Gasteiger partial charge is 0.480 e. The van der Waals surface area contributed by atoms with Crippen LogP contribution in [0.3, 0.4) is 0 Å². The van der Waals surface area contributed by atoms with Gasteiger partial charge in [-0.15, -0.1) is 12.3 Å². The lowest BCUT2D eigenvalue weighted by molar-refractivity contribution is -0.139. The molecule has 1 aromatic carbocycles. The second-order valence-corrected chi connectivity index (χ2v) is 3.84. The quantitative estimate of drug-likeness (QED) is 0.765. The van der Waals surface area contributed by atoms with Crippen LogP contribution in [0.1, 0.15) is 18.4 Å². The summed E-state index contributed by atoms with van der Waals surface area (Å²) in [5.74, 6) is 1.20. The summed E-state index contributed by atoms with van der Waals surface area (Å²) in [5.41, 5.74) is 0.827. The number of ether oxygens (including phenoxy) is 1. The number of hydrogen-bond acceptors (Lipinski definition) is 3. The van der Waals surface area contributed by atoms with Crippen LogP contribution in [0.4, 0.5) is 4.79 Å². The molecule has 0 aliphatic rings. The molecule has 0 saturated heterocycles. The van der Waals surface area contributed by atoms with E-state index in [1.165, 1.54) is 0 Å². The van der Waals surface area contributed by atoms with Crippen LogP contribution >= 0.6 is 0 Å². The number of carbonyl (C=O) groups is 2. The predicted octanol–water partition coefficient (Wildman–Crippen LogP) is 1.78. The molecule has 0 bridgehead atoms. The molecule has 0 fully saturated rings. The van der Waals surface area contributed by atoms with Crippen LogP contribution < -0.4 is 5.32 Å². The number of aliphatic carboxylic acids is 1. The molecule has 1 amide bonds. The lowest BCUT2D eigenvalue weighted by Gasteiger charge is -2.13. The van der Waals surface area contributed by atoms with Gasteiger partial charge in [0.05, 0.1) is 0 Å². The van der Waals surface area contributed by atoms with Gasteiger partial charge >= 0.3 is 12.1 Å². The van der Waals surface area contributed by atoms with Crippen LogP contribution in [-0.2, 0) is 16.1 Å². The van der Waals surface area contributed by atoms with Crippen LogP contribution in [0.15, 0.2) is 30.3 Å². The second-order valence-electron chi connectivity index (χ2n) is 3.84. The van der Waals surface area contributed by atoms with Crippen molar-refractivity contribution in [2.75, 3.05) is 0 Å². The van der Waals surface area contributed by atoms with Crippen LogP contribution in [0.25, 0.3) is 0 Å². The molecule has 0 unspecified atom stereocenters. The number of carboxylic acids is 1. The van der Waals surface area contributed by atoms with E-state index in [9.17, 15) is 9.59 Å². The van der Waals surface area contributed by atoms with Gasteiger partial charge in [0.1, 0.15) is 12.6 Å². The molecule has 100 valence electrons. The molecule has 0 aliphatic heterocycles. The Bertz CT molecular complexity index is 464. The number of rotatable bonds is 6. The van der Waals surface area contributed by atoms with E-state index in [0.29, 0.717) is 0 Å². The highest BCUT2D eigenvalue weighted by Gasteiger charge is 2.19. The van der Waals surface area contributed by atoms with Gasteiger partial charge in [0.25, 0.3) is 0 Å². The fourth-order valence-electron chi connectivity index (χ4n) is 1.39. The van der Waals surface area contributed by atoms with Gasteiger partial charge in [-0.25, -0.2) is 9.59 Å². The van der Waals surface area contributed by atoms with E-state index in [1.54, 1.807) is 12.1 Å². The predicted molar refractivity (Wildman–Crippen MR) is 69.3 cm³/mol. The topological polar surface area (TPSA) is 75.6 Å². The molecular formula is C14H15NO4. The van der Waals surface area contributed by atoms with Crippen LogP contribution in [-0.4, -0.2) is 23.2 Å². The molecule has 5 heteroatoms. The first-order chi connectivity index (χ1) is 9.13. The zero-order valence-corrected chi connectivity index (χ0v) is 10.3. The van der Waals surface area contributed by atoms with Crippen molar-refractivity contribution in [3.05, 3.63) is 35.9 Å². The van der Waals surface area contributed by atoms with E-state index in [2.05, 4.69) is 11.2 Å². The molecule has 0 heterocycles. The molecule has 2 N–H and O–H groups in total. The molecule has 0 aliphatic carbocycles. The fourth-order valence-corrected chi connectivity index (χ4v) is 1.39. The van der Waals surface area contributed by atoms with Gasteiger partial charge in [0.15, 0.2) is 0 Å². The Kier molecular flexibility index (Phi) is 5.96. The average molecular weight is 261 g/mol. The summed E-state index contributed by atoms with van der Waals surface area (Å²) in [4.78, 5) is 22.3. The lowest BCUT2D eigenvalue weighted by atomic mass is 10.1. The summed E-state index contributed by atoms with van der Waals surface area (Å²) < 4.78 is 4.92. The number of carbonyl (C=O) groups excluding carboxylic acids is 1. The van der Waals surface area contributed by atoms with Crippen molar-refractivity contribution in [1.82, 2.24) is 5.32 Å². The Morgan fingerprint density at radius 2 is 2.05 bits per heavy atom. The molecule has 0 aromatic heterocycles. The Balaban J connectivity index is 2.40. The number of amides is 1. The summed E-state index contributed by atoms with van der Waals surface area (Å²) in [6.45, 7) is 0.0914. The summed E-state index contributed by atoms with van der Waals surface area (Å²) in [6.07, 6.45) is 4.73. The minimum atomic E-state index is -1.13. The first kappa shape index (κ1) is 14.6. The Morgan fingerprint density at radius 3 is 2.63 bits per heavy atom. The summed E-state index contributed by atoms with van der Waals surface area (Å²) in [7, 11) is 0. The minimum absolute atomic E-state index is 0.0914. The maximum Gasteiger partial charge on any atom is 0.408 e. The highest BCUT2D eigenvalue weighted by atomic mass is 16.5. The number of alkyl carbamates (subject to hydrolysis) is 1. The highest BCUT2D eigenvalue weighted by Crippen LogP contribution is 2.02. The van der Waals surface area contributed by atoms with Crippen molar-refractivity contribution in [2.24, 2.45) is 0 Å². The van der Waals surface area contributed by atoms with E-state index in [0.717, 1.165) is 5.56 Å². The van der Waals surface area contributed by atoms with E-state index in [4.69, 9.17) is 16.3 Å². The molecule has 5 nitrogen and oxygen atoms in total. The van der Waals surface area contributed by atoms with E-state index >= 15 is 0 Å². The lowest BCUT2D eigenvalue weighted by Crippen LogP contribution is -2.40. The molecule has 0 spiro atoms. The summed E-state index contributed by atoms with van der Waals surface area (Å²) in [6, 6.07) is 8.08. The maximum absolute atomic E-state index is 11.4. The Morgan fingerprint density at radius 1 is 1.37 bits per heavy atom. The van der Waals surface area contributed by atoms with Gasteiger partial charge in [0, 0.05) is 6.42 Å². The highest BCUT2D eigenvalue weighted by molar-refractivity contribution is 5.79. The third kappa shape index (κ3) is 5.59. The van der Waals surface area contributed by atoms with Gasteiger partial charge in [-0.2, -0.15) is 0 Å². The smallest absolute Gasteiger partial charge is 0.408 e. The van der Waals surface area contributed by atoms with Crippen molar-refractivity contribution in [3.8, 4) is 12.3 Å². The van der Waals surface area contributed by atoms with Gasteiger partial charge in [-0.1, -0.05) is 30.3 Å². The molecule has 0 radical (unpaired) electrons. The van der Waals surface area contributed by atoms with E-state index < -0.39 is 18.1 Å². The van der Waals surface area contributed by atoms with Crippen LogP contribution in [0.2, 0.25) is 0 Å².